The van der Waals surface area contributed by atoms with Crippen molar-refractivity contribution in [3.05, 3.63) is 64.9 Å². The number of aromatic nitrogens is 3. The van der Waals surface area contributed by atoms with Gasteiger partial charge in [-0.05, 0) is 30.8 Å². The number of H-pyrrole nitrogens is 1. The quantitative estimate of drug-likeness (QED) is 0.714. The molecule has 3 nitrogen and oxygen atoms in total. The van der Waals surface area contributed by atoms with Crippen molar-refractivity contribution in [2.75, 3.05) is 0 Å². The third-order valence-electron chi connectivity index (χ3n) is 3.06. The van der Waals surface area contributed by atoms with E-state index in [1.807, 2.05) is 53.1 Å². The van der Waals surface area contributed by atoms with E-state index in [1.54, 1.807) is 0 Å². The summed E-state index contributed by atoms with van der Waals surface area (Å²) in [6, 6.07) is 18.2. The van der Waals surface area contributed by atoms with Gasteiger partial charge in [-0.2, -0.15) is 5.10 Å². The number of hydrogen-bond acceptors (Lipinski definition) is 2. The molecule has 4 heteroatoms. The second-order valence-corrected chi connectivity index (χ2v) is 4.73. The van der Waals surface area contributed by atoms with Gasteiger partial charge in [-0.1, -0.05) is 48.5 Å². The molecular formula is C15H13N3S. The van der Waals surface area contributed by atoms with E-state index in [1.165, 1.54) is 0 Å². The van der Waals surface area contributed by atoms with Crippen LogP contribution in [-0.2, 0) is 0 Å². The minimum atomic E-state index is 0.605. The summed E-state index contributed by atoms with van der Waals surface area (Å²) in [6.07, 6.45) is 0. The molecule has 3 aromatic rings. The Bertz CT molecular complexity index is 756. The number of rotatable bonds is 2. The molecule has 0 spiro atoms. The maximum Gasteiger partial charge on any atom is 0.200 e. The first-order valence-corrected chi connectivity index (χ1v) is 6.47. The summed E-state index contributed by atoms with van der Waals surface area (Å²) in [7, 11) is 0. The topological polar surface area (TPSA) is 33.6 Å². The first kappa shape index (κ1) is 11.9. The standard InChI is InChI=1S/C15H13N3S/c1-11-7-5-6-10-13(11)18-14(16-17-15(18)19)12-8-3-2-4-9-12/h2-10H,1H3,(H,17,19). The summed E-state index contributed by atoms with van der Waals surface area (Å²) < 4.78 is 2.58. The number of aryl methyl sites for hydroxylation is 1. The van der Waals surface area contributed by atoms with Crippen LogP contribution >= 0.6 is 12.2 Å². The Labute approximate surface area is 116 Å². The Kier molecular flexibility index (Phi) is 3.01. The first-order valence-electron chi connectivity index (χ1n) is 6.06. The van der Waals surface area contributed by atoms with E-state index in [9.17, 15) is 0 Å². The smallest absolute Gasteiger partial charge is 0.200 e. The summed E-state index contributed by atoms with van der Waals surface area (Å²) in [6.45, 7) is 2.07. The van der Waals surface area contributed by atoms with E-state index in [0.717, 1.165) is 22.6 Å². The van der Waals surface area contributed by atoms with E-state index in [0.29, 0.717) is 4.77 Å². The van der Waals surface area contributed by atoms with E-state index >= 15 is 0 Å². The molecule has 0 amide bonds. The molecule has 0 aliphatic carbocycles. The van der Waals surface area contributed by atoms with Gasteiger partial charge in [0.05, 0.1) is 5.69 Å². The van der Waals surface area contributed by atoms with Crippen LogP contribution in [0, 0.1) is 11.7 Å². The number of aromatic amines is 1. The highest BCUT2D eigenvalue weighted by molar-refractivity contribution is 7.71. The number of nitrogens with zero attached hydrogens (tertiary/aromatic N) is 2. The van der Waals surface area contributed by atoms with Gasteiger partial charge in [-0.3, -0.25) is 9.67 Å². The lowest BCUT2D eigenvalue weighted by Gasteiger charge is -2.09. The minimum absolute atomic E-state index is 0.605. The second kappa shape index (κ2) is 4.82. The first-order chi connectivity index (χ1) is 9.27. The van der Waals surface area contributed by atoms with E-state index < -0.39 is 0 Å². The highest BCUT2D eigenvalue weighted by atomic mass is 32.1. The van der Waals surface area contributed by atoms with Gasteiger partial charge in [-0.15, -0.1) is 0 Å². The van der Waals surface area contributed by atoms with Crippen molar-refractivity contribution in [2.24, 2.45) is 0 Å². The van der Waals surface area contributed by atoms with Crippen LogP contribution < -0.4 is 0 Å². The fourth-order valence-corrected chi connectivity index (χ4v) is 2.35. The van der Waals surface area contributed by atoms with Gasteiger partial charge in [-0.25, -0.2) is 0 Å². The van der Waals surface area contributed by atoms with Crippen LogP contribution in [0.1, 0.15) is 5.56 Å². The molecule has 94 valence electrons. The predicted octanol–water partition coefficient (Wildman–Crippen LogP) is 3.91. The zero-order valence-corrected chi connectivity index (χ0v) is 11.3. The van der Waals surface area contributed by atoms with Crippen molar-refractivity contribution in [3.63, 3.8) is 0 Å². The molecule has 0 unspecified atom stereocenters. The monoisotopic (exact) mass is 267 g/mol. The fourth-order valence-electron chi connectivity index (χ4n) is 2.12. The lowest BCUT2D eigenvalue weighted by Crippen LogP contribution is -1.99. The Morgan fingerprint density at radius 2 is 1.68 bits per heavy atom. The third-order valence-corrected chi connectivity index (χ3v) is 3.33. The van der Waals surface area contributed by atoms with Gasteiger partial charge >= 0.3 is 0 Å². The SMILES string of the molecule is Cc1ccccc1-n1c(-c2ccccc2)n[nH]c1=S. The zero-order valence-electron chi connectivity index (χ0n) is 10.5. The van der Waals surface area contributed by atoms with Crippen LogP contribution in [0.25, 0.3) is 17.1 Å². The Balaban J connectivity index is 2.26. The highest BCUT2D eigenvalue weighted by Gasteiger charge is 2.11. The van der Waals surface area contributed by atoms with Crippen LogP contribution in [0.5, 0.6) is 0 Å². The molecule has 0 saturated heterocycles. The van der Waals surface area contributed by atoms with Crippen molar-refractivity contribution in [1.29, 1.82) is 0 Å². The van der Waals surface area contributed by atoms with E-state index in [-0.39, 0.29) is 0 Å². The van der Waals surface area contributed by atoms with Crippen molar-refractivity contribution >= 4 is 12.2 Å². The highest BCUT2D eigenvalue weighted by Crippen LogP contribution is 2.22. The molecule has 1 N–H and O–H groups in total. The molecule has 1 aromatic heterocycles. The molecule has 0 aliphatic rings. The average Bonchev–Trinajstić information content (AvgIpc) is 2.82. The lowest BCUT2D eigenvalue weighted by molar-refractivity contribution is 1.02. The number of nitrogens with one attached hydrogen (secondary N) is 1. The predicted molar refractivity (Wildman–Crippen MR) is 78.9 cm³/mol. The molecule has 0 atom stereocenters. The maximum absolute atomic E-state index is 5.36. The third kappa shape index (κ3) is 2.11. The van der Waals surface area contributed by atoms with Crippen molar-refractivity contribution in [2.45, 2.75) is 6.92 Å². The summed E-state index contributed by atoms with van der Waals surface area (Å²) in [4.78, 5) is 0. The molecule has 2 aromatic carbocycles. The van der Waals surface area contributed by atoms with Gasteiger partial charge in [0.15, 0.2) is 10.6 Å². The second-order valence-electron chi connectivity index (χ2n) is 4.34. The molecule has 1 heterocycles. The van der Waals surface area contributed by atoms with Crippen molar-refractivity contribution in [1.82, 2.24) is 14.8 Å². The van der Waals surface area contributed by atoms with Gasteiger partial charge in [0.2, 0.25) is 0 Å². The van der Waals surface area contributed by atoms with Crippen LogP contribution in [0.4, 0.5) is 0 Å². The molecule has 19 heavy (non-hydrogen) atoms. The fraction of sp³-hybridized carbons (Fsp3) is 0.0667. The molecule has 0 fully saturated rings. The Morgan fingerprint density at radius 1 is 1.00 bits per heavy atom. The molecule has 0 bridgehead atoms. The molecule has 3 rings (SSSR count). The van der Waals surface area contributed by atoms with Crippen LogP contribution in [0.2, 0.25) is 0 Å². The van der Waals surface area contributed by atoms with Gasteiger partial charge in [0, 0.05) is 5.56 Å². The largest absolute Gasteiger partial charge is 0.268 e. The van der Waals surface area contributed by atoms with Crippen LogP contribution in [0.15, 0.2) is 54.6 Å². The summed E-state index contributed by atoms with van der Waals surface area (Å²) in [5.41, 5.74) is 3.26. The normalized spacial score (nSPS) is 10.6. The minimum Gasteiger partial charge on any atom is -0.268 e. The van der Waals surface area contributed by atoms with Crippen molar-refractivity contribution < 1.29 is 0 Å². The summed E-state index contributed by atoms with van der Waals surface area (Å²) in [5.74, 6) is 0.833. The van der Waals surface area contributed by atoms with Gasteiger partial charge in [0.25, 0.3) is 0 Å². The molecule has 0 saturated carbocycles. The van der Waals surface area contributed by atoms with E-state index in [4.69, 9.17) is 12.2 Å². The Hall–Kier alpha value is -2.20. The average molecular weight is 267 g/mol. The van der Waals surface area contributed by atoms with Crippen LogP contribution in [-0.4, -0.2) is 14.8 Å². The molecule has 0 radical (unpaired) electrons. The summed E-state index contributed by atoms with van der Waals surface area (Å²) >= 11 is 5.36. The van der Waals surface area contributed by atoms with Gasteiger partial charge < -0.3 is 0 Å². The number of benzene rings is 2. The summed E-state index contributed by atoms with van der Waals surface area (Å²) in [5, 5.41) is 7.23. The lowest BCUT2D eigenvalue weighted by atomic mass is 10.1. The maximum atomic E-state index is 5.36. The number of para-hydroxylation sites is 1. The Morgan fingerprint density at radius 3 is 2.42 bits per heavy atom. The molecule has 0 aliphatic heterocycles. The van der Waals surface area contributed by atoms with E-state index in [2.05, 4.69) is 23.2 Å². The van der Waals surface area contributed by atoms with Gasteiger partial charge in [0.1, 0.15) is 0 Å². The van der Waals surface area contributed by atoms with Crippen LogP contribution in [0.3, 0.4) is 0 Å². The number of hydrogen-bond donors (Lipinski definition) is 1. The molecular weight excluding hydrogens is 254 g/mol. The van der Waals surface area contributed by atoms with Crippen molar-refractivity contribution in [3.8, 4) is 17.1 Å². The zero-order chi connectivity index (χ0) is 13.2.